The van der Waals surface area contributed by atoms with Gasteiger partial charge in [0.2, 0.25) is 0 Å². The maximum Gasteiger partial charge on any atom is 0.126 e. The summed E-state index contributed by atoms with van der Waals surface area (Å²) in [6.45, 7) is 13.2. The summed E-state index contributed by atoms with van der Waals surface area (Å²) in [5.74, 6) is 1.55. The van der Waals surface area contributed by atoms with Gasteiger partial charge in [0.05, 0.1) is 11.8 Å². The van der Waals surface area contributed by atoms with Crippen molar-refractivity contribution in [3.8, 4) is 17.0 Å². The average Bonchev–Trinajstić information content (AvgIpc) is 2.66. The Kier molecular flexibility index (Phi) is 8.34. The Morgan fingerprint density at radius 3 is 2.00 bits per heavy atom. The van der Waals surface area contributed by atoms with Gasteiger partial charge in [-0.1, -0.05) is 58.7 Å². The predicted molar refractivity (Wildman–Crippen MR) is 117 cm³/mol. The molecule has 0 bridgehead atoms. The van der Waals surface area contributed by atoms with Crippen LogP contribution in [0.2, 0.25) is 0 Å². The van der Waals surface area contributed by atoms with Crippen LogP contribution in [0.5, 0.6) is 5.75 Å². The Hall–Kier alpha value is -1.83. The number of benzene rings is 1. The van der Waals surface area contributed by atoms with Gasteiger partial charge in [0.15, 0.2) is 0 Å². The number of aryl methyl sites for hydroxylation is 2. The fourth-order valence-electron chi connectivity index (χ4n) is 3.97. The monoisotopic (exact) mass is 367 g/mol. The molecule has 1 aromatic heterocycles. The van der Waals surface area contributed by atoms with Crippen LogP contribution in [0.1, 0.15) is 89.8 Å². The van der Waals surface area contributed by atoms with E-state index in [9.17, 15) is 0 Å². The SMILES string of the molecule is CCCC(CCC)c1cnc(-c2c(CC)cccc2CC)cc1OC(C)C. The zero-order valence-electron chi connectivity index (χ0n) is 18.1. The molecule has 0 radical (unpaired) electrons. The van der Waals surface area contributed by atoms with Crippen LogP contribution in [0.3, 0.4) is 0 Å². The molecule has 0 fully saturated rings. The smallest absolute Gasteiger partial charge is 0.126 e. The highest BCUT2D eigenvalue weighted by atomic mass is 16.5. The Morgan fingerprint density at radius 2 is 1.52 bits per heavy atom. The van der Waals surface area contributed by atoms with Crippen molar-refractivity contribution in [2.75, 3.05) is 0 Å². The quantitative estimate of drug-likeness (QED) is 0.438. The first kappa shape index (κ1) is 21.5. The van der Waals surface area contributed by atoms with Crippen molar-refractivity contribution < 1.29 is 4.74 Å². The third-order valence-electron chi connectivity index (χ3n) is 5.23. The number of nitrogens with zero attached hydrogens (tertiary/aromatic N) is 1. The number of rotatable bonds is 10. The lowest BCUT2D eigenvalue weighted by atomic mass is 9.89. The van der Waals surface area contributed by atoms with Gasteiger partial charge in [-0.3, -0.25) is 4.98 Å². The average molecular weight is 368 g/mol. The van der Waals surface area contributed by atoms with E-state index in [2.05, 4.69) is 72.0 Å². The van der Waals surface area contributed by atoms with Gasteiger partial charge >= 0.3 is 0 Å². The van der Waals surface area contributed by atoms with Gasteiger partial charge in [0.25, 0.3) is 0 Å². The molecule has 0 spiro atoms. The molecule has 148 valence electrons. The maximum absolute atomic E-state index is 6.29. The molecule has 0 amide bonds. The summed E-state index contributed by atoms with van der Waals surface area (Å²) in [5.41, 5.74) is 6.36. The van der Waals surface area contributed by atoms with Crippen LogP contribution < -0.4 is 4.74 Å². The molecule has 0 aliphatic carbocycles. The normalized spacial score (nSPS) is 11.4. The van der Waals surface area contributed by atoms with E-state index in [0.29, 0.717) is 5.92 Å². The van der Waals surface area contributed by atoms with Crippen molar-refractivity contribution >= 4 is 0 Å². The van der Waals surface area contributed by atoms with Crippen LogP contribution in [-0.4, -0.2) is 11.1 Å². The van der Waals surface area contributed by atoms with Crippen molar-refractivity contribution in [3.05, 3.63) is 47.2 Å². The highest BCUT2D eigenvalue weighted by Crippen LogP contribution is 2.37. The highest BCUT2D eigenvalue weighted by molar-refractivity contribution is 5.69. The first-order valence-corrected chi connectivity index (χ1v) is 10.8. The number of hydrogen-bond donors (Lipinski definition) is 0. The highest BCUT2D eigenvalue weighted by Gasteiger charge is 2.19. The van der Waals surface area contributed by atoms with Gasteiger partial charge in [-0.05, 0) is 56.6 Å². The summed E-state index contributed by atoms with van der Waals surface area (Å²) < 4.78 is 6.29. The van der Waals surface area contributed by atoms with E-state index >= 15 is 0 Å². The maximum atomic E-state index is 6.29. The molecule has 2 rings (SSSR count). The summed E-state index contributed by atoms with van der Waals surface area (Å²) in [6.07, 6.45) is 9.04. The van der Waals surface area contributed by atoms with Gasteiger partial charge in [-0.2, -0.15) is 0 Å². The molecule has 0 saturated carbocycles. The molecule has 2 heteroatoms. The summed E-state index contributed by atoms with van der Waals surface area (Å²) in [6, 6.07) is 8.81. The molecular formula is C25H37NO. The van der Waals surface area contributed by atoms with E-state index in [0.717, 1.165) is 24.3 Å². The van der Waals surface area contributed by atoms with E-state index < -0.39 is 0 Å². The molecule has 0 atom stereocenters. The molecule has 2 aromatic rings. The lowest BCUT2D eigenvalue weighted by Gasteiger charge is -2.22. The van der Waals surface area contributed by atoms with Crippen LogP contribution in [0.4, 0.5) is 0 Å². The van der Waals surface area contributed by atoms with Crippen molar-refractivity contribution in [2.24, 2.45) is 0 Å². The van der Waals surface area contributed by atoms with Crippen LogP contribution in [0, 0.1) is 0 Å². The summed E-state index contributed by atoms with van der Waals surface area (Å²) in [7, 11) is 0. The number of pyridine rings is 1. The van der Waals surface area contributed by atoms with E-state index in [4.69, 9.17) is 9.72 Å². The lowest BCUT2D eigenvalue weighted by molar-refractivity contribution is 0.237. The fourth-order valence-corrected chi connectivity index (χ4v) is 3.97. The van der Waals surface area contributed by atoms with Crippen molar-refractivity contribution in [1.82, 2.24) is 4.98 Å². The van der Waals surface area contributed by atoms with Crippen LogP contribution >= 0.6 is 0 Å². The largest absolute Gasteiger partial charge is 0.491 e. The van der Waals surface area contributed by atoms with Crippen LogP contribution in [-0.2, 0) is 12.8 Å². The van der Waals surface area contributed by atoms with Gasteiger partial charge in [-0.25, -0.2) is 0 Å². The van der Waals surface area contributed by atoms with Crippen LogP contribution in [0.25, 0.3) is 11.3 Å². The second-order valence-corrected chi connectivity index (χ2v) is 7.71. The van der Waals surface area contributed by atoms with E-state index in [1.54, 1.807) is 0 Å². The lowest BCUT2D eigenvalue weighted by Crippen LogP contribution is -2.11. The predicted octanol–water partition coefficient (Wildman–Crippen LogP) is 7.34. The molecule has 0 unspecified atom stereocenters. The third kappa shape index (κ3) is 5.34. The second-order valence-electron chi connectivity index (χ2n) is 7.71. The van der Waals surface area contributed by atoms with E-state index in [1.807, 2.05) is 0 Å². The summed E-state index contributed by atoms with van der Waals surface area (Å²) in [4.78, 5) is 4.94. The topological polar surface area (TPSA) is 22.1 Å². The van der Waals surface area contributed by atoms with Crippen molar-refractivity contribution in [2.45, 2.75) is 92.1 Å². The minimum absolute atomic E-state index is 0.162. The van der Waals surface area contributed by atoms with Crippen molar-refractivity contribution in [3.63, 3.8) is 0 Å². The molecule has 27 heavy (non-hydrogen) atoms. The van der Waals surface area contributed by atoms with Gasteiger partial charge in [-0.15, -0.1) is 0 Å². The number of hydrogen-bond acceptors (Lipinski definition) is 2. The van der Waals surface area contributed by atoms with Gasteiger partial charge in [0.1, 0.15) is 5.75 Å². The molecular weight excluding hydrogens is 330 g/mol. The standard InChI is InChI=1S/C25H37NO/c1-7-12-21(13-8-2)22-17-26-23(16-24(22)27-18(5)6)25-19(9-3)14-11-15-20(25)10-4/h11,14-18,21H,7-10,12-13H2,1-6H3. The molecule has 0 aliphatic rings. The van der Waals surface area contributed by atoms with E-state index in [-0.39, 0.29) is 6.10 Å². The molecule has 1 heterocycles. The first-order valence-electron chi connectivity index (χ1n) is 10.8. The molecule has 0 aliphatic heterocycles. The van der Waals surface area contributed by atoms with Crippen molar-refractivity contribution in [1.29, 1.82) is 0 Å². The minimum Gasteiger partial charge on any atom is -0.491 e. The minimum atomic E-state index is 0.162. The fraction of sp³-hybridized carbons (Fsp3) is 0.560. The number of ether oxygens (including phenoxy) is 1. The Balaban J connectivity index is 2.58. The van der Waals surface area contributed by atoms with Gasteiger partial charge < -0.3 is 4.74 Å². The molecule has 1 aromatic carbocycles. The van der Waals surface area contributed by atoms with Gasteiger partial charge in [0, 0.05) is 23.4 Å². The Morgan fingerprint density at radius 1 is 0.926 bits per heavy atom. The number of aromatic nitrogens is 1. The Labute approximate surface area is 166 Å². The second kappa shape index (κ2) is 10.5. The van der Waals surface area contributed by atoms with E-state index in [1.165, 1.54) is 47.9 Å². The Bertz CT molecular complexity index is 692. The molecule has 0 saturated heterocycles. The summed E-state index contributed by atoms with van der Waals surface area (Å²) >= 11 is 0. The molecule has 0 N–H and O–H groups in total. The van der Waals surface area contributed by atoms with Crippen LogP contribution in [0.15, 0.2) is 30.5 Å². The first-order chi connectivity index (χ1) is 13.0. The summed E-state index contributed by atoms with van der Waals surface area (Å²) in [5, 5.41) is 0. The zero-order valence-corrected chi connectivity index (χ0v) is 18.1. The molecule has 2 nitrogen and oxygen atoms in total. The third-order valence-corrected chi connectivity index (χ3v) is 5.23. The zero-order chi connectivity index (χ0) is 19.8.